The SMILES string of the molecule is CCC(C)Oc1c[c-]ccc1F.[Zn+][Br]. The molecular weight excluding hydrogens is 300 g/mol. The van der Waals surface area contributed by atoms with Gasteiger partial charge >= 0.3 is 30.0 Å². The minimum absolute atomic E-state index is 0.0512. The Kier molecular flexibility index (Phi) is 8.40. The summed E-state index contributed by atoms with van der Waals surface area (Å²) in [7, 11) is 0. The van der Waals surface area contributed by atoms with Gasteiger partial charge in [-0.25, -0.2) is 4.39 Å². The van der Waals surface area contributed by atoms with Crippen molar-refractivity contribution in [3.63, 3.8) is 0 Å². The van der Waals surface area contributed by atoms with Crippen LogP contribution in [0.3, 0.4) is 0 Å². The van der Waals surface area contributed by atoms with Crippen LogP contribution in [0.25, 0.3) is 0 Å². The monoisotopic (exact) mass is 310 g/mol. The molecule has 0 saturated heterocycles. The number of hydrogen-bond donors (Lipinski definition) is 0. The molecule has 74 valence electrons. The van der Waals surface area contributed by atoms with E-state index >= 15 is 0 Å². The van der Waals surface area contributed by atoms with Crippen molar-refractivity contribution in [3.8, 4) is 5.75 Å². The van der Waals surface area contributed by atoms with Crippen molar-refractivity contribution in [1.29, 1.82) is 0 Å². The van der Waals surface area contributed by atoms with Crippen molar-refractivity contribution in [3.05, 3.63) is 30.1 Å². The molecule has 1 nitrogen and oxygen atoms in total. The average molecular weight is 312 g/mol. The molecule has 0 spiro atoms. The maximum absolute atomic E-state index is 12.9. The zero-order valence-corrected chi connectivity index (χ0v) is 12.9. The number of benzene rings is 1. The Balaban J connectivity index is 0.000000791. The number of hydrogen-bond acceptors (Lipinski definition) is 1. The summed E-state index contributed by atoms with van der Waals surface area (Å²) < 4.78 is 18.2. The second-order valence-electron chi connectivity index (χ2n) is 2.69. The van der Waals surface area contributed by atoms with Gasteiger partial charge in [0.15, 0.2) is 0 Å². The molecule has 1 atom stereocenters. The van der Waals surface area contributed by atoms with E-state index in [1.54, 1.807) is 0 Å². The second-order valence-corrected chi connectivity index (χ2v) is 2.69. The van der Waals surface area contributed by atoms with Gasteiger partial charge in [0.2, 0.25) is 0 Å². The Hall–Kier alpha value is 0.0534. The van der Waals surface area contributed by atoms with E-state index in [0.717, 1.165) is 6.42 Å². The van der Waals surface area contributed by atoms with E-state index in [9.17, 15) is 4.39 Å². The first-order valence-electron chi connectivity index (χ1n) is 4.33. The van der Waals surface area contributed by atoms with Gasteiger partial charge in [-0.1, -0.05) is 6.92 Å². The molecule has 0 saturated carbocycles. The van der Waals surface area contributed by atoms with E-state index in [0.29, 0.717) is 0 Å². The number of ether oxygens (including phenoxy) is 1. The third-order valence-electron chi connectivity index (χ3n) is 1.68. The molecule has 4 heteroatoms. The molecule has 0 aliphatic rings. The Labute approximate surface area is 101 Å². The summed E-state index contributed by atoms with van der Waals surface area (Å²) >= 11 is 4.25. The van der Waals surface area contributed by atoms with E-state index in [-0.39, 0.29) is 17.7 Å². The predicted octanol–water partition coefficient (Wildman–Crippen LogP) is 3.65. The molecule has 14 heavy (non-hydrogen) atoms. The van der Waals surface area contributed by atoms with Gasteiger partial charge in [-0.15, -0.1) is 12.1 Å². The Morgan fingerprint density at radius 2 is 2.29 bits per heavy atom. The van der Waals surface area contributed by atoms with Gasteiger partial charge < -0.3 is 4.74 Å². The van der Waals surface area contributed by atoms with Gasteiger partial charge in [0.25, 0.3) is 0 Å². The number of halogens is 2. The fourth-order valence-corrected chi connectivity index (χ4v) is 0.787. The van der Waals surface area contributed by atoms with Crippen LogP contribution in [-0.4, -0.2) is 6.10 Å². The van der Waals surface area contributed by atoms with E-state index in [2.05, 4.69) is 19.7 Å². The zero-order chi connectivity index (χ0) is 11.0. The zero-order valence-electron chi connectivity index (χ0n) is 8.39. The fourth-order valence-electron chi connectivity index (χ4n) is 0.787. The van der Waals surface area contributed by atoms with E-state index < -0.39 is 0 Å². The van der Waals surface area contributed by atoms with Crippen LogP contribution in [0.2, 0.25) is 0 Å². The molecule has 1 unspecified atom stereocenters. The molecule has 0 aromatic heterocycles. The molecule has 1 aromatic rings. The van der Waals surface area contributed by atoms with Crippen LogP contribution in [-0.2, 0) is 16.3 Å². The summed E-state index contributed by atoms with van der Waals surface area (Å²) in [6.45, 7) is 3.90. The molecule has 0 radical (unpaired) electrons. The summed E-state index contributed by atoms with van der Waals surface area (Å²) in [5, 5.41) is 0. The van der Waals surface area contributed by atoms with E-state index in [1.165, 1.54) is 34.5 Å². The van der Waals surface area contributed by atoms with Gasteiger partial charge in [0.05, 0.1) is 11.9 Å². The van der Waals surface area contributed by atoms with Gasteiger partial charge in [0, 0.05) is 5.75 Å². The van der Waals surface area contributed by atoms with Crippen molar-refractivity contribution in [1.82, 2.24) is 0 Å². The summed E-state index contributed by atoms with van der Waals surface area (Å²) in [5.74, 6) is -0.0408. The van der Waals surface area contributed by atoms with Gasteiger partial charge in [-0.05, 0) is 13.3 Å². The van der Waals surface area contributed by atoms with Crippen molar-refractivity contribution < 1.29 is 25.5 Å². The molecule has 0 aliphatic heterocycles. The van der Waals surface area contributed by atoms with E-state index in [4.69, 9.17) is 4.74 Å². The normalized spacial score (nSPS) is 11.3. The van der Waals surface area contributed by atoms with Gasteiger partial charge in [-0.2, -0.15) is 12.1 Å². The third-order valence-corrected chi connectivity index (χ3v) is 1.68. The quantitative estimate of drug-likeness (QED) is 0.611. The first-order chi connectivity index (χ1) is 6.74. The molecule has 0 bridgehead atoms. The maximum atomic E-state index is 12.9. The minimum atomic E-state index is -0.325. The van der Waals surface area contributed by atoms with Gasteiger partial charge in [-0.3, -0.25) is 0 Å². The number of rotatable bonds is 3. The molecule has 1 aromatic carbocycles. The van der Waals surface area contributed by atoms with Crippen LogP contribution in [0.15, 0.2) is 18.2 Å². The molecule has 0 N–H and O–H groups in total. The third kappa shape index (κ3) is 5.06. The predicted molar refractivity (Wildman–Crippen MR) is 54.5 cm³/mol. The Bertz CT molecular complexity index is 258. The van der Waals surface area contributed by atoms with Crippen LogP contribution in [0.5, 0.6) is 5.75 Å². The van der Waals surface area contributed by atoms with Crippen molar-refractivity contribution in [2.45, 2.75) is 26.4 Å². The summed E-state index contributed by atoms with van der Waals surface area (Å²) in [6, 6.07) is 7.15. The van der Waals surface area contributed by atoms with Crippen molar-refractivity contribution in [2.75, 3.05) is 0 Å². The van der Waals surface area contributed by atoms with Crippen LogP contribution >= 0.6 is 13.6 Å². The Morgan fingerprint density at radius 1 is 1.64 bits per heavy atom. The molecular formula is C10H12BrFOZn. The summed E-state index contributed by atoms with van der Waals surface area (Å²) in [4.78, 5) is 0. The van der Waals surface area contributed by atoms with Crippen LogP contribution in [0, 0.1) is 11.9 Å². The molecule has 0 amide bonds. The molecule has 0 heterocycles. The van der Waals surface area contributed by atoms with Crippen molar-refractivity contribution >= 4 is 13.6 Å². The van der Waals surface area contributed by atoms with Crippen molar-refractivity contribution in [2.24, 2.45) is 0 Å². The van der Waals surface area contributed by atoms with Crippen LogP contribution in [0.4, 0.5) is 4.39 Å². The topological polar surface area (TPSA) is 9.23 Å². The second kappa shape index (κ2) is 8.37. The first-order valence-corrected chi connectivity index (χ1v) is 11.3. The molecule has 0 fully saturated rings. The van der Waals surface area contributed by atoms with E-state index in [1.807, 2.05) is 13.8 Å². The van der Waals surface area contributed by atoms with Crippen LogP contribution < -0.4 is 4.74 Å². The average Bonchev–Trinajstić information content (AvgIpc) is 2.24. The first kappa shape index (κ1) is 14.1. The van der Waals surface area contributed by atoms with Gasteiger partial charge in [0.1, 0.15) is 0 Å². The Morgan fingerprint density at radius 3 is 2.79 bits per heavy atom. The van der Waals surface area contributed by atoms with Crippen LogP contribution in [0.1, 0.15) is 20.3 Å². The summed E-state index contributed by atoms with van der Waals surface area (Å²) in [6.07, 6.45) is 0.921. The molecule has 0 aliphatic carbocycles. The fraction of sp³-hybridized carbons (Fsp3) is 0.400. The molecule has 1 rings (SSSR count). The standard InChI is InChI=1S/C10H12FO.BrH.Zn/c1-3-8(2)12-10-7-5-4-6-9(10)11;;/h4,6-8H,3H2,1-2H3;1H;/q-1;;+2/p-1. The summed E-state index contributed by atoms with van der Waals surface area (Å²) in [5.41, 5.74) is 0.